The molecule has 1 rings (SSSR count). The Labute approximate surface area is 88.7 Å². The number of nitrogens with zero attached hydrogens (tertiary/aromatic N) is 1. The zero-order valence-electron chi connectivity index (χ0n) is 9.01. The summed E-state index contributed by atoms with van der Waals surface area (Å²) in [5.74, 6) is -0.985. The first-order valence-corrected chi connectivity index (χ1v) is 5.11. The summed E-state index contributed by atoms with van der Waals surface area (Å²) in [5.41, 5.74) is 0. The highest BCUT2D eigenvalue weighted by Gasteiger charge is 2.35. The van der Waals surface area contributed by atoms with Crippen molar-refractivity contribution in [3.05, 3.63) is 0 Å². The Balaban J connectivity index is 2.71. The van der Waals surface area contributed by atoms with Crippen LogP contribution in [0, 0.1) is 5.92 Å². The Hall–Kier alpha value is -1.10. The molecule has 1 saturated heterocycles. The number of hydrogen-bond donors (Lipinski definition) is 2. The van der Waals surface area contributed by atoms with Crippen molar-refractivity contribution in [2.75, 3.05) is 6.54 Å². The smallest absolute Gasteiger partial charge is 0.305 e. The van der Waals surface area contributed by atoms with Gasteiger partial charge >= 0.3 is 5.97 Å². The summed E-state index contributed by atoms with van der Waals surface area (Å²) in [5, 5.41) is 18.1. The van der Waals surface area contributed by atoms with Crippen LogP contribution in [0.2, 0.25) is 0 Å². The lowest BCUT2D eigenvalue weighted by molar-refractivity contribution is -0.140. The van der Waals surface area contributed by atoms with Gasteiger partial charge in [-0.25, -0.2) is 0 Å². The fraction of sp³-hybridized carbons (Fsp3) is 0.800. The number of likely N-dealkylation sites (tertiary alicyclic amines) is 1. The number of aliphatic carboxylic acids is 1. The van der Waals surface area contributed by atoms with Gasteiger partial charge in [-0.2, -0.15) is 0 Å². The van der Waals surface area contributed by atoms with Gasteiger partial charge in [0.2, 0.25) is 5.91 Å². The van der Waals surface area contributed by atoms with Gasteiger partial charge in [0.05, 0.1) is 18.9 Å². The molecule has 1 fully saturated rings. The maximum atomic E-state index is 11.5. The second-order valence-electron chi connectivity index (χ2n) is 4.31. The molecule has 2 N–H and O–H groups in total. The first-order valence-electron chi connectivity index (χ1n) is 5.11. The van der Waals surface area contributed by atoms with Gasteiger partial charge in [-0.15, -0.1) is 0 Å². The summed E-state index contributed by atoms with van der Waals surface area (Å²) in [7, 11) is 0. The predicted octanol–water partition coefficient (Wildman–Crippen LogP) is 0.0789. The quantitative estimate of drug-likeness (QED) is 0.696. The van der Waals surface area contributed by atoms with E-state index in [0.29, 0.717) is 0 Å². The number of β-amino-alcohol motifs (C(OH)–C–C–N with tert-alkyl or cyclic N) is 1. The first-order chi connectivity index (χ1) is 6.91. The second kappa shape index (κ2) is 4.61. The van der Waals surface area contributed by atoms with Crippen LogP contribution in [0.15, 0.2) is 0 Å². The van der Waals surface area contributed by atoms with Crippen molar-refractivity contribution in [3.63, 3.8) is 0 Å². The lowest BCUT2D eigenvalue weighted by Crippen LogP contribution is -2.41. The van der Waals surface area contributed by atoms with E-state index in [9.17, 15) is 14.7 Å². The zero-order chi connectivity index (χ0) is 11.6. The summed E-state index contributed by atoms with van der Waals surface area (Å²) in [4.78, 5) is 23.6. The largest absolute Gasteiger partial charge is 0.481 e. The van der Waals surface area contributed by atoms with Crippen molar-refractivity contribution in [2.24, 2.45) is 5.92 Å². The van der Waals surface area contributed by atoms with Gasteiger partial charge in [-0.1, -0.05) is 13.8 Å². The van der Waals surface area contributed by atoms with E-state index in [-0.39, 0.29) is 37.3 Å². The van der Waals surface area contributed by atoms with E-state index in [0.717, 1.165) is 0 Å². The molecule has 15 heavy (non-hydrogen) atoms. The lowest BCUT2D eigenvalue weighted by Gasteiger charge is -2.29. The van der Waals surface area contributed by atoms with E-state index in [2.05, 4.69) is 0 Å². The minimum atomic E-state index is -0.914. The van der Waals surface area contributed by atoms with Crippen LogP contribution in [-0.4, -0.2) is 45.7 Å². The van der Waals surface area contributed by atoms with E-state index in [1.165, 1.54) is 4.90 Å². The number of rotatable bonds is 4. The maximum Gasteiger partial charge on any atom is 0.305 e. The highest BCUT2D eigenvalue weighted by molar-refractivity contribution is 5.80. The van der Waals surface area contributed by atoms with E-state index in [1.807, 2.05) is 13.8 Å². The van der Waals surface area contributed by atoms with Gasteiger partial charge in [0, 0.05) is 12.6 Å². The average molecular weight is 215 g/mol. The van der Waals surface area contributed by atoms with Crippen LogP contribution in [0.3, 0.4) is 0 Å². The van der Waals surface area contributed by atoms with Gasteiger partial charge in [-0.3, -0.25) is 9.59 Å². The molecule has 0 spiro atoms. The summed E-state index contributed by atoms with van der Waals surface area (Å²) < 4.78 is 0. The van der Waals surface area contributed by atoms with Crippen LogP contribution < -0.4 is 0 Å². The van der Waals surface area contributed by atoms with Gasteiger partial charge in [0.15, 0.2) is 0 Å². The molecule has 86 valence electrons. The van der Waals surface area contributed by atoms with Crippen LogP contribution in [0.25, 0.3) is 0 Å². The fourth-order valence-electron chi connectivity index (χ4n) is 1.92. The van der Waals surface area contributed by atoms with Crippen molar-refractivity contribution in [1.82, 2.24) is 4.90 Å². The number of hydrogen-bond acceptors (Lipinski definition) is 3. The van der Waals surface area contributed by atoms with Gasteiger partial charge in [0.1, 0.15) is 0 Å². The molecular formula is C10H17NO4. The molecule has 0 aromatic heterocycles. The van der Waals surface area contributed by atoms with Gasteiger partial charge in [0.25, 0.3) is 0 Å². The Morgan fingerprint density at radius 2 is 2.20 bits per heavy atom. The minimum absolute atomic E-state index is 0.0594. The standard InChI is InChI=1S/C10H17NO4/c1-6(2)8(4-10(14)15)11-5-7(12)3-9(11)13/h6-8,12H,3-5H2,1-2H3,(H,14,15). The number of aliphatic hydroxyl groups is 1. The van der Waals surface area contributed by atoms with Crippen LogP contribution in [-0.2, 0) is 9.59 Å². The molecular weight excluding hydrogens is 198 g/mol. The third-order valence-corrected chi connectivity index (χ3v) is 2.69. The van der Waals surface area contributed by atoms with E-state index < -0.39 is 12.1 Å². The van der Waals surface area contributed by atoms with Gasteiger partial charge in [-0.05, 0) is 5.92 Å². The average Bonchev–Trinajstić information content (AvgIpc) is 2.40. The van der Waals surface area contributed by atoms with Crippen molar-refractivity contribution in [1.29, 1.82) is 0 Å². The molecule has 1 aliphatic rings. The Morgan fingerprint density at radius 1 is 1.60 bits per heavy atom. The van der Waals surface area contributed by atoms with Crippen molar-refractivity contribution in [2.45, 2.75) is 38.8 Å². The number of carboxylic acid groups (broad SMARTS) is 1. The molecule has 1 aliphatic heterocycles. The number of carbonyl (C=O) groups excluding carboxylic acids is 1. The Bertz CT molecular complexity index is 264. The van der Waals surface area contributed by atoms with Crippen LogP contribution in [0.1, 0.15) is 26.7 Å². The number of amides is 1. The molecule has 2 unspecified atom stereocenters. The molecule has 1 amide bonds. The number of carboxylic acids is 1. The molecule has 0 aromatic rings. The zero-order valence-corrected chi connectivity index (χ0v) is 9.01. The van der Waals surface area contributed by atoms with Crippen LogP contribution in [0.5, 0.6) is 0 Å². The maximum absolute atomic E-state index is 11.5. The molecule has 0 saturated carbocycles. The highest BCUT2D eigenvalue weighted by Crippen LogP contribution is 2.21. The van der Waals surface area contributed by atoms with E-state index in [4.69, 9.17) is 5.11 Å². The van der Waals surface area contributed by atoms with Gasteiger partial charge < -0.3 is 15.1 Å². The molecule has 2 atom stereocenters. The minimum Gasteiger partial charge on any atom is -0.481 e. The Kier molecular flexibility index (Phi) is 3.68. The van der Waals surface area contributed by atoms with Crippen molar-refractivity contribution in [3.8, 4) is 0 Å². The molecule has 5 heteroatoms. The molecule has 0 bridgehead atoms. The SMILES string of the molecule is CC(C)C(CC(=O)O)N1CC(O)CC1=O. The van der Waals surface area contributed by atoms with Crippen LogP contribution in [0.4, 0.5) is 0 Å². The van der Waals surface area contributed by atoms with Crippen molar-refractivity contribution < 1.29 is 19.8 Å². The van der Waals surface area contributed by atoms with Crippen molar-refractivity contribution >= 4 is 11.9 Å². The lowest BCUT2D eigenvalue weighted by atomic mass is 9.99. The fourth-order valence-corrected chi connectivity index (χ4v) is 1.92. The molecule has 5 nitrogen and oxygen atoms in total. The molecule has 0 aromatic carbocycles. The van der Waals surface area contributed by atoms with E-state index >= 15 is 0 Å². The summed E-state index contributed by atoms with van der Waals surface area (Å²) in [6, 6.07) is -0.313. The summed E-state index contributed by atoms with van der Waals surface area (Å²) in [6.07, 6.45) is -0.591. The number of carbonyl (C=O) groups is 2. The summed E-state index contributed by atoms with van der Waals surface area (Å²) >= 11 is 0. The third-order valence-electron chi connectivity index (χ3n) is 2.69. The van der Waals surface area contributed by atoms with E-state index in [1.54, 1.807) is 0 Å². The monoisotopic (exact) mass is 215 g/mol. The summed E-state index contributed by atoms with van der Waals surface area (Å²) in [6.45, 7) is 4.02. The van der Waals surface area contributed by atoms with Crippen LogP contribution >= 0.6 is 0 Å². The normalized spacial score (nSPS) is 23.6. The topological polar surface area (TPSA) is 77.8 Å². The Morgan fingerprint density at radius 3 is 2.53 bits per heavy atom. The first kappa shape index (κ1) is 12.0. The second-order valence-corrected chi connectivity index (χ2v) is 4.31. The third kappa shape index (κ3) is 2.92. The molecule has 0 radical (unpaired) electrons. The highest BCUT2D eigenvalue weighted by atomic mass is 16.4. The molecule has 1 heterocycles. The predicted molar refractivity (Wildman–Crippen MR) is 53.2 cm³/mol. The number of aliphatic hydroxyl groups excluding tert-OH is 1. The molecule has 0 aliphatic carbocycles.